The van der Waals surface area contributed by atoms with Crippen molar-refractivity contribution in [3.63, 3.8) is 0 Å². The van der Waals surface area contributed by atoms with Gasteiger partial charge in [0.1, 0.15) is 0 Å². The van der Waals surface area contributed by atoms with Crippen molar-refractivity contribution in [3.8, 4) is 12.3 Å². The largest absolute Gasteiger partial charge is 0.334 e. The van der Waals surface area contributed by atoms with Crippen LogP contribution in [0.15, 0.2) is 42.5 Å². The Hall–Kier alpha value is -2.47. The third-order valence-electron chi connectivity index (χ3n) is 3.23. The van der Waals surface area contributed by atoms with Crippen LogP contribution in [0, 0.1) is 12.3 Å². The number of hydrogen-bond acceptors (Lipinski definition) is 1. The zero-order valence-electron chi connectivity index (χ0n) is 11.5. The maximum absolute atomic E-state index is 12.0. The minimum absolute atomic E-state index is 0.00924. The summed E-state index contributed by atoms with van der Waals surface area (Å²) in [5.41, 5.74) is 0.802. The molecule has 0 radical (unpaired) electrons. The molecule has 0 aliphatic carbocycles. The van der Waals surface area contributed by atoms with Crippen molar-refractivity contribution < 1.29 is 4.79 Å². The molecule has 0 spiro atoms. The number of fused-ring (bicyclic) bond motifs is 1. The average molecular weight is 266 g/mol. The minimum atomic E-state index is -0.219. The summed E-state index contributed by atoms with van der Waals surface area (Å²) in [6, 6.07) is 13.6. The fourth-order valence-electron chi connectivity index (χ4n) is 2.12. The Morgan fingerprint density at radius 3 is 2.75 bits per heavy atom. The standard InChI is InChI=1S/C17H18N2O/c1-3-8-14(4-2)18-17(20)19-16-12-7-10-13-9-5-6-11-15(13)16/h1,5-7,9-12,14H,4,8H2,2H3,(H2,18,19,20). The first-order valence-electron chi connectivity index (χ1n) is 6.73. The monoisotopic (exact) mass is 266 g/mol. The van der Waals surface area contributed by atoms with E-state index in [1.165, 1.54) is 0 Å². The molecule has 0 saturated carbocycles. The lowest BCUT2D eigenvalue weighted by Gasteiger charge is -2.15. The fourth-order valence-corrected chi connectivity index (χ4v) is 2.12. The highest BCUT2D eigenvalue weighted by molar-refractivity contribution is 6.01. The molecule has 2 rings (SSSR count). The van der Waals surface area contributed by atoms with Gasteiger partial charge in [0.15, 0.2) is 0 Å². The molecule has 1 atom stereocenters. The van der Waals surface area contributed by atoms with Gasteiger partial charge in [-0.25, -0.2) is 4.79 Å². The number of amides is 2. The van der Waals surface area contributed by atoms with Crippen LogP contribution >= 0.6 is 0 Å². The van der Waals surface area contributed by atoms with E-state index < -0.39 is 0 Å². The van der Waals surface area contributed by atoms with Crippen LogP contribution in [0.5, 0.6) is 0 Å². The molecule has 20 heavy (non-hydrogen) atoms. The predicted molar refractivity (Wildman–Crippen MR) is 83.6 cm³/mol. The summed E-state index contributed by atoms with van der Waals surface area (Å²) >= 11 is 0. The Morgan fingerprint density at radius 1 is 1.25 bits per heavy atom. The number of nitrogens with one attached hydrogen (secondary N) is 2. The van der Waals surface area contributed by atoms with Gasteiger partial charge in [-0.05, 0) is 17.9 Å². The lowest BCUT2D eigenvalue weighted by molar-refractivity contribution is 0.248. The van der Waals surface area contributed by atoms with Crippen LogP contribution in [0.1, 0.15) is 19.8 Å². The van der Waals surface area contributed by atoms with E-state index in [9.17, 15) is 4.79 Å². The topological polar surface area (TPSA) is 41.1 Å². The average Bonchev–Trinajstić information content (AvgIpc) is 2.47. The van der Waals surface area contributed by atoms with E-state index >= 15 is 0 Å². The van der Waals surface area contributed by atoms with Crippen molar-refractivity contribution in [2.45, 2.75) is 25.8 Å². The van der Waals surface area contributed by atoms with Gasteiger partial charge < -0.3 is 10.6 Å². The molecule has 102 valence electrons. The smallest absolute Gasteiger partial charge is 0.319 e. The molecule has 3 nitrogen and oxygen atoms in total. The van der Waals surface area contributed by atoms with E-state index in [1.807, 2.05) is 49.4 Å². The highest BCUT2D eigenvalue weighted by Gasteiger charge is 2.10. The zero-order chi connectivity index (χ0) is 14.4. The molecule has 2 aromatic rings. The van der Waals surface area contributed by atoms with Crippen molar-refractivity contribution in [2.75, 3.05) is 5.32 Å². The van der Waals surface area contributed by atoms with Gasteiger partial charge in [-0.15, -0.1) is 12.3 Å². The second kappa shape index (κ2) is 6.63. The first-order valence-corrected chi connectivity index (χ1v) is 6.73. The van der Waals surface area contributed by atoms with E-state index in [-0.39, 0.29) is 12.1 Å². The molecule has 0 fully saturated rings. The van der Waals surface area contributed by atoms with Crippen molar-refractivity contribution in [1.29, 1.82) is 0 Å². The quantitative estimate of drug-likeness (QED) is 0.813. The molecule has 0 aliphatic heterocycles. The third kappa shape index (κ3) is 3.30. The molecule has 0 aliphatic rings. The Labute approximate surface area is 119 Å². The Kier molecular flexibility index (Phi) is 4.62. The Balaban J connectivity index is 2.12. The first-order chi connectivity index (χ1) is 9.74. The predicted octanol–water partition coefficient (Wildman–Crippen LogP) is 3.76. The molecule has 2 aromatic carbocycles. The molecule has 2 amide bonds. The van der Waals surface area contributed by atoms with Crippen LogP contribution in [0.3, 0.4) is 0 Å². The van der Waals surface area contributed by atoms with E-state index in [0.717, 1.165) is 22.9 Å². The lowest BCUT2D eigenvalue weighted by Crippen LogP contribution is -2.37. The van der Waals surface area contributed by atoms with Gasteiger partial charge in [-0.2, -0.15) is 0 Å². The van der Waals surface area contributed by atoms with Crippen LogP contribution in [0.4, 0.5) is 10.5 Å². The summed E-state index contributed by atoms with van der Waals surface area (Å²) in [4.78, 5) is 12.0. The van der Waals surface area contributed by atoms with Crippen LogP contribution in [0.2, 0.25) is 0 Å². The molecule has 0 saturated heterocycles. The van der Waals surface area contributed by atoms with Gasteiger partial charge in [0.05, 0.1) is 5.69 Å². The first kappa shape index (κ1) is 14.0. The Morgan fingerprint density at radius 2 is 2.00 bits per heavy atom. The number of hydrogen-bond donors (Lipinski definition) is 2. The van der Waals surface area contributed by atoms with Gasteiger partial charge in [0.25, 0.3) is 0 Å². The molecule has 0 aromatic heterocycles. The van der Waals surface area contributed by atoms with Crippen LogP contribution in [0.25, 0.3) is 10.8 Å². The number of anilines is 1. The number of carbonyl (C=O) groups is 1. The number of benzene rings is 2. The van der Waals surface area contributed by atoms with E-state index in [2.05, 4.69) is 16.6 Å². The van der Waals surface area contributed by atoms with E-state index in [4.69, 9.17) is 6.42 Å². The maximum atomic E-state index is 12.0. The SMILES string of the molecule is C#CCC(CC)NC(=O)Nc1cccc2ccccc12. The van der Waals surface area contributed by atoms with E-state index in [0.29, 0.717) is 6.42 Å². The highest BCUT2D eigenvalue weighted by atomic mass is 16.2. The molecular weight excluding hydrogens is 248 g/mol. The van der Waals surface area contributed by atoms with Crippen LogP contribution in [-0.2, 0) is 0 Å². The third-order valence-corrected chi connectivity index (χ3v) is 3.23. The second-order valence-corrected chi connectivity index (χ2v) is 4.64. The van der Waals surface area contributed by atoms with Crippen molar-refractivity contribution >= 4 is 22.5 Å². The molecular formula is C17H18N2O. The van der Waals surface area contributed by atoms with Gasteiger partial charge >= 0.3 is 6.03 Å². The highest BCUT2D eigenvalue weighted by Crippen LogP contribution is 2.22. The van der Waals surface area contributed by atoms with Gasteiger partial charge in [0.2, 0.25) is 0 Å². The molecule has 1 unspecified atom stereocenters. The van der Waals surface area contributed by atoms with Crippen molar-refractivity contribution in [1.82, 2.24) is 5.32 Å². The van der Waals surface area contributed by atoms with Crippen LogP contribution in [-0.4, -0.2) is 12.1 Å². The summed E-state index contributed by atoms with van der Waals surface area (Å²) in [6.07, 6.45) is 6.64. The van der Waals surface area contributed by atoms with Gasteiger partial charge in [-0.3, -0.25) is 0 Å². The summed E-state index contributed by atoms with van der Waals surface area (Å²) in [6.45, 7) is 2.00. The lowest BCUT2D eigenvalue weighted by atomic mass is 10.1. The summed E-state index contributed by atoms with van der Waals surface area (Å²) in [5, 5.41) is 7.90. The van der Waals surface area contributed by atoms with Crippen LogP contribution < -0.4 is 10.6 Å². The molecule has 3 heteroatoms. The second-order valence-electron chi connectivity index (χ2n) is 4.64. The van der Waals surface area contributed by atoms with E-state index in [1.54, 1.807) is 0 Å². The summed E-state index contributed by atoms with van der Waals surface area (Å²) < 4.78 is 0. The molecule has 0 bridgehead atoms. The van der Waals surface area contributed by atoms with Gasteiger partial charge in [-0.1, -0.05) is 43.3 Å². The number of urea groups is 1. The molecule has 0 heterocycles. The minimum Gasteiger partial charge on any atom is -0.334 e. The zero-order valence-corrected chi connectivity index (χ0v) is 11.5. The maximum Gasteiger partial charge on any atom is 0.319 e. The summed E-state index contributed by atoms with van der Waals surface area (Å²) in [7, 11) is 0. The number of terminal acetylenes is 1. The van der Waals surface area contributed by atoms with Crippen molar-refractivity contribution in [3.05, 3.63) is 42.5 Å². The number of rotatable bonds is 4. The summed E-state index contributed by atoms with van der Waals surface area (Å²) in [5.74, 6) is 2.58. The van der Waals surface area contributed by atoms with Gasteiger partial charge in [0, 0.05) is 17.8 Å². The number of carbonyl (C=O) groups excluding carboxylic acids is 1. The normalized spacial score (nSPS) is 11.6. The van der Waals surface area contributed by atoms with Crippen molar-refractivity contribution in [2.24, 2.45) is 0 Å². The molecule has 2 N–H and O–H groups in total. The Bertz CT molecular complexity index is 637. The fraction of sp³-hybridized carbons (Fsp3) is 0.235.